The fourth-order valence-corrected chi connectivity index (χ4v) is 2.97. The van der Waals surface area contributed by atoms with Crippen molar-refractivity contribution in [3.05, 3.63) is 59.4 Å². The molecule has 2 amide bonds. The topological polar surface area (TPSA) is 71.1 Å². The van der Waals surface area contributed by atoms with Crippen molar-refractivity contribution in [3.63, 3.8) is 0 Å². The molecule has 1 aromatic carbocycles. The summed E-state index contributed by atoms with van der Waals surface area (Å²) in [7, 11) is 0. The van der Waals surface area contributed by atoms with Crippen LogP contribution in [0, 0.1) is 0 Å². The third-order valence-electron chi connectivity index (χ3n) is 4.42. The Labute approximate surface area is 154 Å². The lowest BCUT2D eigenvalue weighted by Crippen LogP contribution is -2.33. The van der Waals surface area contributed by atoms with Crippen molar-refractivity contribution in [1.82, 2.24) is 10.3 Å². The number of hydrogen-bond donors (Lipinski definition) is 2. The summed E-state index contributed by atoms with van der Waals surface area (Å²) in [4.78, 5) is 28.6. The first kappa shape index (κ1) is 18.9. The zero-order valence-electron chi connectivity index (χ0n) is 14.3. The van der Waals surface area contributed by atoms with E-state index in [9.17, 15) is 22.8 Å². The molecular formula is C19H18F3N3O2. The molecule has 0 atom stereocenters. The summed E-state index contributed by atoms with van der Waals surface area (Å²) < 4.78 is 37.7. The highest BCUT2D eigenvalue weighted by Gasteiger charge is 2.30. The normalized spacial score (nSPS) is 14.8. The Morgan fingerprint density at radius 1 is 1.00 bits per heavy atom. The molecule has 2 N–H and O–H groups in total. The lowest BCUT2D eigenvalue weighted by atomic mass is 10.1. The standard InChI is InChI=1S/C19H18F3N3O2/c20-19(21,22)13-5-7-15(8-6-13)24-17(26)12-9-10-23-16(11-12)18(27)25-14-3-1-2-4-14/h5-11,14H,1-4H2,(H,24,26)(H,25,27). The number of nitrogens with one attached hydrogen (secondary N) is 2. The molecule has 1 aliphatic rings. The van der Waals surface area contributed by atoms with E-state index in [2.05, 4.69) is 15.6 Å². The van der Waals surface area contributed by atoms with Crippen LogP contribution in [0.3, 0.4) is 0 Å². The average Bonchev–Trinajstić information content (AvgIpc) is 3.14. The minimum Gasteiger partial charge on any atom is -0.348 e. The van der Waals surface area contributed by atoms with Crippen molar-refractivity contribution in [2.75, 3.05) is 5.32 Å². The summed E-state index contributed by atoms with van der Waals surface area (Å²) in [5.41, 5.74) is -0.250. The Kier molecular flexibility index (Phi) is 5.43. The lowest BCUT2D eigenvalue weighted by Gasteiger charge is -2.12. The van der Waals surface area contributed by atoms with Gasteiger partial charge in [0, 0.05) is 23.5 Å². The zero-order chi connectivity index (χ0) is 19.4. The maximum Gasteiger partial charge on any atom is 0.416 e. The molecule has 0 saturated heterocycles. The van der Waals surface area contributed by atoms with Crippen molar-refractivity contribution in [2.24, 2.45) is 0 Å². The van der Waals surface area contributed by atoms with Gasteiger partial charge < -0.3 is 10.6 Å². The Morgan fingerprint density at radius 3 is 2.30 bits per heavy atom. The monoisotopic (exact) mass is 377 g/mol. The molecule has 142 valence electrons. The molecule has 3 rings (SSSR count). The number of alkyl halides is 3. The molecule has 0 aliphatic heterocycles. The van der Waals surface area contributed by atoms with E-state index in [-0.39, 0.29) is 28.9 Å². The number of benzene rings is 1. The van der Waals surface area contributed by atoms with Crippen LogP contribution in [0.15, 0.2) is 42.6 Å². The molecule has 27 heavy (non-hydrogen) atoms. The largest absolute Gasteiger partial charge is 0.416 e. The number of amides is 2. The fraction of sp³-hybridized carbons (Fsp3) is 0.316. The number of hydrogen-bond acceptors (Lipinski definition) is 3. The third-order valence-corrected chi connectivity index (χ3v) is 4.42. The molecule has 8 heteroatoms. The number of carbonyl (C=O) groups is 2. The molecule has 0 spiro atoms. The highest BCUT2D eigenvalue weighted by molar-refractivity contribution is 6.05. The van der Waals surface area contributed by atoms with Gasteiger partial charge in [0.05, 0.1) is 5.56 Å². The number of rotatable bonds is 4. The highest BCUT2D eigenvalue weighted by atomic mass is 19.4. The van der Waals surface area contributed by atoms with Gasteiger partial charge in [0.1, 0.15) is 5.69 Å². The summed E-state index contributed by atoms with van der Waals surface area (Å²) in [6.45, 7) is 0. The second-order valence-corrected chi connectivity index (χ2v) is 6.41. The van der Waals surface area contributed by atoms with Crippen LogP contribution in [0.25, 0.3) is 0 Å². The van der Waals surface area contributed by atoms with Crippen LogP contribution in [-0.4, -0.2) is 22.8 Å². The van der Waals surface area contributed by atoms with Crippen LogP contribution in [0.1, 0.15) is 52.1 Å². The number of halogens is 3. The van der Waals surface area contributed by atoms with Crippen molar-refractivity contribution >= 4 is 17.5 Å². The van der Waals surface area contributed by atoms with Gasteiger partial charge in [-0.05, 0) is 49.2 Å². The van der Waals surface area contributed by atoms with E-state index in [1.165, 1.54) is 30.5 Å². The molecule has 1 aromatic heterocycles. The number of carbonyl (C=O) groups excluding carboxylic acids is 2. The maximum absolute atomic E-state index is 12.6. The lowest BCUT2D eigenvalue weighted by molar-refractivity contribution is -0.137. The van der Waals surface area contributed by atoms with Crippen molar-refractivity contribution in [1.29, 1.82) is 0 Å². The number of pyridine rings is 1. The summed E-state index contributed by atoms with van der Waals surface area (Å²) >= 11 is 0. The summed E-state index contributed by atoms with van der Waals surface area (Å²) in [6.07, 6.45) is 0.933. The predicted molar refractivity (Wildman–Crippen MR) is 93.4 cm³/mol. The first-order chi connectivity index (χ1) is 12.8. The van der Waals surface area contributed by atoms with E-state index < -0.39 is 17.6 Å². The molecule has 1 heterocycles. The fourth-order valence-electron chi connectivity index (χ4n) is 2.97. The Bertz CT molecular complexity index is 829. The molecule has 1 fully saturated rings. The van der Waals surface area contributed by atoms with Gasteiger partial charge in [-0.2, -0.15) is 13.2 Å². The van der Waals surface area contributed by atoms with E-state index in [4.69, 9.17) is 0 Å². The second-order valence-electron chi connectivity index (χ2n) is 6.41. The molecule has 1 aliphatic carbocycles. The van der Waals surface area contributed by atoms with Gasteiger partial charge >= 0.3 is 6.18 Å². The SMILES string of the molecule is O=C(Nc1ccc(C(F)(F)F)cc1)c1ccnc(C(=O)NC2CCCC2)c1. The van der Waals surface area contributed by atoms with Crippen LogP contribution in [0.2, 0.25) is 0 Å². The summed E-state index contributed by atoms with van der Waals surface area (Å²) in [5.74, 6) is -0.877. The first-order valence-electron chi connectivity index (χ1n) is 8.58. The van der Waals surface area contributed by atoms with Gasteiger partial charge in [0.25, 0.3) is 11.8 Å². The second kappa shape index (κ2) is 7.77. The molecule has 1 saturated carbocycles. The van der Waals surface area contributed by atoms with Gasteiger partial charge in [-0.3, -0.25) is 14.6 Å². The number of anilines is 1. The Balaban J connectivity index is 1.67. The minimum atomic E-state index is -4.44. The average molecular weight is 377 g/mol. The van der Waals surface area contributed by atoms with Crippen LogP contribution >= 0.6 is 0 Å². The first-order valence-corrected chi connectivity index (χ1v) is 8.58. The third kappa shape index (κ3) is 4.84. The Hall–Kier alpha value is -2.90. The highest BCUT2D eigenvalue weighted by Crippen LogP contribution is 2.29. The molecule has 0 bridgehead atoms. The van der Waals surface area contributed by atoms with Gasteiger partial charge in [-0.1, -0.05) is 12.8 Å². The predicted octanol–water partition coefficient (Wildman–Crippen LogP) is 4.03. The Morgan fingerprint density at radius 2 is 1.67 bits per heavy atom. The van der Waals surface area contributed by atoms with Gasteiger partial charge in [0.2, 0.25) is 0 Å². The number of nitrogens with zero attached hydrogens (tertiary/aromatic N) is 1. The van der Waals surface area contributed by atoms with Gasteiger partial charge in [0.15, 0.2) is 0 Å². The van der Waals surface area contributed by atoms with Crippen molar-refractivity contribution in [2.45, 2.75) is 37.9 Å². The van der Waals surface area contributed by atoms with Crippen LogP contribution in [0.5, 0.6) is 0 Å². The zero-order valence-corrected chi connectivity index (χ0v) is 14.3. The summed E-state index contributed by atoms with van der Waals surface area (Å²) in [5, 5.41) is 5.40. The summed E-state index contributed by atoms with van der Waals surface area (Å²) in [6, 6.07) is 7.07. The van der Waals surface area contributed by atoms with Crippen molar-refractivity contribution in [3.8, 4) is 0 Å². The molecule has 2 aromatic rings. The van der Waals surface area contributed by atoms with Crippen LogP contribution in [-0.2, 0) is 6.18 Å². The van der Waals surface area contributed by atoms with Crippen molar-refractivity contribution < 1.29 is 22.8 Å². The molecule has 5 nitrogen and oxygen atoms in total. The van der Waals surface area contributed by atoms with Gasteiger partial charge in [-0.15, -0.1) is 0 Å². The minimum absolute atomic E-state index is 0.127. The smallest absolute Gasteiger partial charge is 0.348 e. The van der Waals surface area contributed by atoms with Crippen LogP contribution < -0.4 is 10.6 Å². The van der Waals surface area contributed by atoms with Crippen LogP contribution in [0.4, 0.5) is 18.9 Å². The molecule has 0 unspecified atom stereocenters. The van der Waals surface area contributed by atoms with E-state index >= 15 is 0 Å². The quantitative estimate of drug-likeness (QED) is 0.845. The van der Waals surface area contributed by atoms with E-state index in [1.807, 2.05) is 0 Å². The molecule has 0 radical (unpaired) electrons. The van der Waals surface area contributed by atoms with E-state index in [1.54, 1.807) is 0 Å². The molecular weight excluding hydrogens is 359 g/mol. The van der Waals surface area contributed by atoms with Gasteiger partial charge in [-0.25, -0.2) is 0 Å². The van der Waals surface area contributed by atoms with E-state index in [0.717, 1.165) is 37.8 Å². The maximum atomic E-state index is 12.6. The number of aromatic nitrogens is 1. The van der Waals surface area contributed by atoms with E-state index in [0.29, 0.717) is 0 Å².